The maximum absolute atomic E-state index is 2.42. The molecular formula is C16H20. The van der Waals surface area contributed by atoms with Crippen molar-refractivity contribution in [3.63, 3.8) is 0 Å². The first-order valence-electron chi connectivity index (χ1n) is 6.33. The van der Waals surface area contributed by atoms with Crippen LogP contribution in [0.15, 0.2) is 47.6 Å². The van der Waals surface area contributed by atoms with E-state index in [0.717, 1.165) is 12.8 Å². The van der Waals surface area contributed by atoms with Crippen molar-refractivity contribution in [2.24, 2.45) is 0 Å². The van der Waals surface area contributed by atoms with Crippen molar-refractivity contribution in [3.8, 4) is 0 Å². The van der Waals surface area contributed by atoms with Gasteiger partial charge in [-0.2, -0.15) is 0 Å². The molecule has 16 heavy (non-hydrogen) atoms. The van der Waals surface area contributed by atoms with E-state index in [4.69, 9.17) is 0 Å². The van der Waals surface area contributed by atoms with E-state index in [1.54, 1.807) is 16.7 Å². The second kappa shape index (κ2) is 5.16. The van der Waals surface area contributed by atoms with E-state index in [1.165, 1.54) is 18.4 Å². The number of hydrogen-bond acceptors (Lipinski definition) is 0. The summed E-state index contributed by atoms with van der Waals surface area (Å²) in [5.74, 6) is 0. The van der Waals surface area contributed by atoms with Crippen molar-refractivity contribution in [3.05, 3.63) is 53.1 Å². The van der Waals surface area contributed by atoms with Crippen molar-refractivity contribution < 1.29 is 0 Å². The van der Waals surface area contributed by atoms with E-state index in [9.17, 15) is 0 Å². The smallest absolute Gasteiger partial charge is 0.00827 e. The Hall–Kier alpha value is -1.30. The molecule has 0 saturated heterocycles. The second-order valence-corrected chi connectivity index (χ2v) is 4.36. The first kappa shape index (κ1) is 11.2. The van der Waals surface area contributed by atoms with E-state index in [-0.39, 0.29) is 0 Å². The van der Waals surface area contributed by atoms with Crippen LogP contribution in [0.25, 0.3) is 5.57 Å². The third-order valence-electron chi connectivity index (χ3n) is 3.30. The van der Waals surface area contributed by atoms with Crippen molar-refractivity contribution in [1.29, 1.82) is 0 Å². The first-order valence-corrected chi connectivity index (χ1v) is 6.33. The van der Waals surface area contributed by atoms with Crippen molar-refractivity contribution in [1.82, 2.24) is 0 Å². The lowest BCUT2D eigenvalue weighted by Gasteiger charge is -2.09. The molecule has 0 saturated carbocycles. The number of allylic oxidation sites excluding steroid dienone is 4. The van der Waals surface area contributed by atoms with Gasteiger partial charge in [-0.1, -0.05) is 56.7 Å². The molecule has 1 aromatic carbocycles. The molecule has 2 rings (SSSR count). The van der Waals surface area contributed by atoms with E-state index in [1.807, 2.05) is 0 Å². The van der Waals surface area contributed by atoms with Crippen molar-refractivity contribution in [2.45, 2.75) is 39.5 Å². The molecule has 0 N–H and O–H groups in total. The summed E-state index contributed by atoms with van der Waals surface area (Å²) in [6.07, 6.45) is 7.19. The zero-order valence-corrected chi connectivity index (χ0v) is 10.3. The van der Waals surface area contributed by atoms with Crippen LogP contribution in [0, 0.1) is 0 Å². The minimum absolute atomic E-state index is 1.13. The van der Waals surface area contributed by atoms with Crippen LogP contribution < -0.4 is 0 Å². The van der Waals surface area contributed by atoms with Gasteiger partial charge in [0, 0.05) is 0 Å². The molecule has 0 amide bonds. The molecule has 1 aromatic rings. The number of rotatable bonds is 4. The van der Waals surface area contributed by atoms with Gasteiger partial charge in [0.2, 0.25) is 0 Å². The van der Waals surface area contributed by atoms with Gasteiger partial charge in [0.1, 0.15) is 0 Å². The van der Waals surface area contributed by atoms with E-state index >= 15 is 0 Å². The predicted molar refractivity (Wildman–Crippen MR) is 71.3 cm³/mol. The number of hydrogen-bond donors (Lipinski definition) is 0. The predicted octanol–water partition coefficient (Wildman–Crippen LogP) is 4.98. The summed E-state index contributed by atoms with van der Waals surface area (Å²) in [6, 6.07) is 10.8. The third kappa shape index (κ3) is 2.11. The van der Waals surface area contributed by atoms with Gasteiger partial charge in [0.15, 0.2) is 0 Å². The molecular weight excluding hydrogens is 192 g/mol. The molecule has 0 fully saturated rings. The van der Waals surface area contributed by atoms with Crippen LogP contribution in [-0.2, 0) is 0 Å². The van der Waals surface area contributed by atoms with E-state index < -0.39 is 0 Å². The lowest BCUT2D eigenvalue weighted by molar-refractivity contribution is 0.899. The Morgan fingerprint density at radius 3 is 2.44 bits per heavy atom. The van der Waals surface area contributed by atoms with Gasteiger partial charge in [-0.25, -0.2) is 0 Å². The van der Waals surface area contributed by atoms with Gasteiger partial charge in [-0.15, -0.1) is 0 Å². The van der Waals surface area contributed by atoms with Crippen LogP contribution in [0.3, 0.4) is 0 Å². The normalized spacial score (nSPS) is 15.5. The third-order valence-corrected chi connectivity index (χ3v) is 3.30. The van der Waals surface area contributed by atoms with Gasteiger partial charge in [-0.05, 0) is 41.5 Å². The quantitative estimate of drug-likeness (QED) is 0.660. The van der Waals surface area contributed by atoms with E-state index in [2.05, 4.69) is 50.3 Å². The molecule has 0 heteroatoms. The topological polar surface area (TPSA) is 0 Å². The van der Waals surface area contributed by atoms with Gasteiger partial charge in [0.05, 0.1) is 0 Å². The highest BCUT2D eigenvalue weighted by Gasteiger charge is 2.16. The summed E-state index contributed by atoms with van der Waals surface area (Å²) < 4.78 is 0. The highest BCUT2D eigenvalue weighted by Crippen LogP contribution is 2.37. The van der Waals surface area contributed by atoms with Crippen LogP contribution in [0.4, 0.5) is 0 Å². The molecule has 0 heterocycles. The highest BCUT2D eigenvalue weighted by molar-refractivity contribution is 5.76. The zero-order valence-electron chi connectivity index (χ0n) is 10.3. The Labute approximate surface area is 98.7 Å². The van der Waals surface area contributed by atoms with Gasteiger partial charge < -0.3 is 0 Å². The lowest BCUT2D eigenvalue weighted by atomic mass is 9.96. The minimum atomic E-state index is 1.13. The average Bonchev–Trinajstić information content (AvgIpc) is 2.73. The fourth-order valence-corrected chi connectivity index (χ4v) is 2.56. The SMILES string of the molecule is CCCC1=CCC(c2ccccc2)=C1CC. The molecule has 0 aromatic heterocycles. The maximum Gasteiger partial charge on any atom is -0.00827 e. The molecule has 1 aliphatic carbocycles. The summed E-state index contributed by atoms with van der Waals surface area (Å²) in [6.45, 7) is 4.53. The molecule has 0 spiro atoms. The average molecular weight is 212 g/mol. The van der Waals surface area contributed by atoms with Crippen LogP contribution >= 0.6 is 0 Å². The zero-order chi connectivity index (χ0) is 11.4. The van der Waals surface area contributed by atoms with Crippen molar-refractivity contribution in [2.75, 3.05) is 0 Å². The maximum atomic E-state index is 2.42. The second-order valence-electron chi connectivity index (χ2n) is 4.36. The molecule has 0 radical (unpaired) electrons. The molecule has 84 valence electrons. The molecule has 0 atom stereocenters. The largest absolute Gasteiger partial charge is 0.0766 e. The molecule has 1 aliphatic rings. The van der Waals surface area contributed by atoms with Gasteiger partial charge in [0.25, 0.3) is 0 Å². The summed E-state index contributed by atoms with van der Waals surface area (Å²) in [4.78, 5) is 0. The van der Waals surface area contributed by atoms with Gasteiger partial charge >= 0.3 is 0 Å². The first-order chi connectivity index (χ1) is 7.86. The Balaban J connectivity index is 2.32. The van der Waals surface area contributed by atoms with Crippen molar-refractivity contribution >= 4 is 5.57 Å². The number of benzene rings is 1. The molecule has 0 unspecified atom stereocenters. The Morgan fingerprint density at radius 2 is 1.81 bits per heavy atom. The van der Waals surface area contributed by atoms with E-state index in [0.29, 0.717) is 0 Å². The Kier molecular flexibility index (Phi) is 3.61. The fourth-order valence-electron chi connectivity index (χ4n) is 2.56. The fraction of sp³-hybridized carbons (Fsp3) is 0.375. The van der Waals surface area contributed by atoms with Crippen LogP contribution in [0.5, 0.6) is 0 Å². The standard InChI is InChI=1S/C16H20/c1-3-8-13-11-12-16(15(13)4-2)14-9-6-5-7-10-14/h5-7,9-11H,3-4,8,12H2,1-2H3. The lowest BCUT2D eigenvalue weighted by Crippen LogP contribution is -1.89. The van der Waals surface area contributed by atoms with Gasteiger partial charge in [-0.3, -0.25) is 0 Å². The minimum Gasteiger partial charge on any atom is -0.0766 e. The summed E-state index contributed by atoms with van der Waals surface area (Å²) in [5, 5.41) is 0. The molecule has 0 aliphatic heterocycles. The van der Waals surface area contributed by atoms with Crippen LogP contribution in [0.2, 0.25) is 0 Å². The highest BCUT2D eigenvalue weighted by atomic mass is 14.2. The summed E-state index contributed by atoms with van der Waals surface area (Å²) in [5.41, 5.74) is 6.13. The molecule has 0 bridgehead atoms. The monoisotopic (exact) mass is 212 g/mol. The van der Waals surface area contributed by atoms with Crippen LogP contribution in [-0.4, -0.2) is 0 Å². The Bertz CT molecular complexity index is 407. The molecule has 0 nitrogen and oxygen atoms in total. The summed E-state index contributed by atoms with van der Waals surface area (Å²) >= 11 is 0. The van der Waals surface area contributed by atoms with Crippen LogP contribution in [0.1, 0.15) is 45.1 Å². The summed E-state index contributed by atoms with van der Waals surface area (Å²) in [7, 11) is 0. The Morgan fingerprint density at radius 1 is 1.06 bits per heavy atom.